The number of nitrogens with one attached hydrogen (secondary N) is 1. The van der Waals surface area contributed by atoms with Crippen molar-refractivity contribution in [3.63, 3.8) is 0 Å². The standard InChI is InChI=1S/C14H22N2O2/c1-2-17-7-8-18-11-14-4-3-12(10-16-14)9-15-13-5-6-13/h3-4,10,13,15H,2,5-9,11H2,1H3. The van der Waals surface area contributed by atoms with Crippen molar-refractivity contribution in [2.45, 2.75) is 39.0 Å². The molecular formula is C14H22N2O2. The van der Waals surface area contributed by atoms with Crippen LogP contribution in [0.1, 0.15) is 31.0 Å². The Balaban J connectivity index is 1.63. The lowest BCUT2D eigenvalue weighted by Crippen LogP contribution is -2.15. The Bertz CT molecular complexity index is 336. The second-order valence-electron chi connectivity index (χ2n) is 4.56. The van der Waals surface area contributed by atoms with Gasteiger partial charge in [-0.3, -0.25) is 4.98 Å². The molecule has 0 saturated heterocycles. The Labute approximate surface area is 109 Å². The van der Waals surface area contributed by atoms with E-state index in [4.69, 9.17) is 9.47 Å². The monoisotopic (exact) mass is 250 g/mol. The summed E-state index contributed by atoms with van der Waals surface area (Å²) in [5.74, 6) is 0. The van der Waals surface area contributed by atoms with Crippen molar-refractivity contribution in [3.8, 4) is 0 Å². The van der Waals surface area contributed by atoms with Crippen molar-refractivity contribution >= 4 is 0 Å². The van der Waals surface area contributed by atoms with Crippen molar-refractivity contribution in [3.05, 3.63) is 29.6 Å². The van der Waals surface area contributed by atoms with Gasteiger partial charge < -0.3 is 14.8 Å². The lowest BCUT2D eigenvalue weighted by atomic mass is 10.2. The summed E-state index contributed by atoms with van der Waals surface area (Å²) in [5.41, 5.74) is 2.21. The van der Waals surface area contributed by atoms with Crippen molar-refractivity contribution in [1.82, 2.24) is 10.3 Å². The van der Waals surface area contributed by atoms with Gasteiger partial charge in [-0.25, -0.2) is 0 Å². The SMILES string of the molecule is CCOCCOCc1ccc(CNC2CC2)cn1. The second-order valence-corrected chi connectivity index (χ2v) is 4.56. The van der Waals surface area contributed by atoms with E-state index >= 15 is 0 Å². The Morgan fingerprint density at radius 3 is 2.78 bits per heavy atom. The van der Waals surface area contributed by atoms with Gasteiger partial charge in [-0.15, -0.1) is 0 Å². The molecule has 2 rings (SSSR count). The number of aromatic nitrogens is 1. The lowest BCUT2D eigenvalue weighted by molar-refractivity contribution is 0.0441. The second kappa shape index (κ2) is 7.46. The number of ether oxygens (including phenoxy) is 2. The first kappa shape index (κ1) is 13.5. The molecule has 1 saturated carbocycles. The lowest BCUT2D eigenvalue weighted by Gasteiger charge is -2.06. The molecule has 0 radical (unpaired) electrons. The Kier molecular flexibility index (Phi) is 5.58. The molecule has 1 aromatic heterocycles. The molecule has 1 aromatic rings. The highest BCUT2D eigenvalue weighted by atomic mass is 16.5. The van der Waals surface area contributed by atoms with E-state index in [0.29, 0.717) is 19.8 Å². The van der Waals surface area contributed by atoms with Crippen LogP contribution in [0.3, 0.4) is 0 Å². The van der Waals surface area contributed by atoms with Crippen molar-refractivity contribution in [2.75, 3.05) is 19.8 Å². The third-order valence-corrected chi connectivity index (χ3v) is 2.88. The third-order valence-electron chi connectivity index (χ3n) is 2.88. The van der Waals surface area contributed by atoms with E-state index < -0.39 is 0 Å². The maximum Gasteiger partial charge on any atom is 0.0889 e. The molecule has 4 heteroatoms. The first-order valence-corrected chi connectivity index (χ1v) is 6.71. The summed E-state index contributed by atoms with van der Waals surface area (Å²) in [6.45, 7) is 5.48. The summed E-state index contributed by atoms with van der Waals surface area (Å²) < 4.78 is 10.7. The predicted octanol–water partition coefficient (Wildman–Crippen LogP) is 1.89. The van der Waals surface area contributed by atoms with Gasteiger partial charge in [-0.05, 0) is 31.4 Å². The summed E-state index contributed by atoms with van der Waals surface area (Å²) in [7, 11) is 0. The van der Waals surface area contributed by atoms with Crippen LogP contribution in [0.15, 0.2) is 18.3 Å². The Hall–Kier alpha value is -0.970. The van der Waals surface area contributed by atoms with Crippen molar-refractivity contribution in [2.24, 2.45) is 0 Å². The smallest absolute Gasteiger partial charge is 0.0889 e. The fourth-order valence-corrected chi connectivity index (χ4v) is 1.63. The Morgan fingerprint density at radius 2 is 2.11 bits per heavy atom. The summed E-state index contributed by atoms with van der Waals surface area (Å²) >= 11 is 0. The quantitative estimate of drug-likeness (QED) is 0.680. The molecule has 1 N–H and O–H groups in total. The predicted molar refractivity (Wildman–Crippen MR) is 70.2 cm³/mol. The van der Waals surface area contributed by atoms with Crippen LogP contribution in [0, 0.1) is 0 Å². The van der Waals surface area contributed by atoms with E-state index in [1.807, 2.05) is 19.2 Å². The fraction of sp³-hybridized carbons (Fsp3) is 0.643. The zero-order chi connectivity index (χ0) is 12.6. The summed E-state index contributed by atoms with van der Waals surface area (Å²) in [6, 6.07) is 4.89. The minimum Gasteiger partial charge on any atom is -0.379 e. The zero-order valence-corrected chi connectivity index (χ0v) is 11.0. The highest BCUT2D eigenvalue weighted by Crippen LogP contribution is 2.19. The third kappa shape index (κ3) is 5.12. The molecule has 0 atom stereocenters. The molecule has 0 amide bonds. The molecule has 4 nitrogen and oxygen atoms in total. The molecule has 100 valence electrons. The normalized spacial score (nSPS) is 14.9. The van der Waals surface area contributed by atoms with Crippen LogP contribution < -0.4 is 5.32 Å². The summed E-state index contributed by atoms with van der Waals surface area (Å²) in [4.78, 5) is 4.39. The number of pyridine rings is 1. The molecule has 1 aliphatic carbocycles. The maximum absolute atomic E-state index is 5.47. The number of hydrogen-bond acceptors (Lipinski definition) is 4. The fourth-order valence-electron chi connectivity index (χ4n) is 1.63. The average Bonchev–Trinajstić information content (AvgIpc) is 3.22. The maximum atomic E-state index is 5.47. The topological polar surface area (TPSA) is 43.4 Å². The summed E-state index contributed by atoms with van der Waals surface area (Å²) in [6.07, 6.45) is 4.56. The van der Waals surface area contributed by atoms with Crippen LogP contribution in [-0.4, -0.2) is 30.8 Å². The van der Waals surface area contributed by atoms with Gasteiger partial charge in [0, 0.05) is 25.4 Å². The minimum atomic E-state index is 0.559. The summed E-state index contributed by atoms with van der Waals surface area (Å²) in [5, 5.41) is 3.47. The van der Waals surface area contributed by atoms with Gasteiger partial charge >= 0.3 is 0 Å². The van der Waals surface area contributed by atoms with Crippen LogP contribution in [0.5, 0.6) is 0 Å². The van der Waals surface area contributed by atoms with Crippen molar-refractivity contribution in [1.29, 1.82) is 0 Å². The molecule has 18 heavy (non-hydrogen) atoms. The van der Waals surface area contributed by atoms with E-state index in [0.717, 1.165) is 24.9 Å². The highest BCUT2D eigenvalue weighted by molar-refractivity contribution is 5.13. The van der Waals surface area contributed by atoms with Crippen LogP contribution in [0.2, 0.25) is 0 Å². The van der Waals surface area contributed by atoms with Gasteiger partial charge in [-0.2, -0.15) is 0 Å². The molecular weight excluding hydrogens is 228 g/mol. The zero-order valence-electron chi connectivity index (χ0n) is 11.0. The molecule has 0 bridgehead atoms. The molecule has 0 spiro atoms. The average molecular weight is 250 g/mol. The minimum absolute atomic E-state index is 0.559. The van der Waals surface area contributed by atoms with Crippen molar-refractivity contribution < 1.29 is 9.47 Å². The van der Waals surface area contributed by atoms with Crippen LogP contribution >= 0.6 is 0 Å². The molecule has 0 aliphatic heterocycles. The highest BCUT2D eigenvalue weighted by Gasteiger charge is 2.19. The molecule has 1 aliphatic rings. The molecule has 0 aromatic carbocycles. The van der Waals surface area contributed by atoms with Gasteiger partial charge in [0.25, 0.3) is 0 Å². The van der Waals surface area contributed by atoms with E-state index in [-0.39, 0.29) is 0 Å². The van der Waals surface area contributed by atoms with Gasteiger partial charge in [0.1, 0.15) is 0 Å². The van der Waals surface area contributed by atoms with E-state index in [1.165, 1.54) is 18.4 Å². The molecule has 0 unspecified atom stereocenters. The van der Waals surface area contributed by atoms with E-state index in [9.17, 15) is 0 Å². The van der Waals surface area contributed by atoms with E-state index in [2.05, 4.69) is 16.4 Å². The van der Waals surface area contributed by atoms with Gasteiger partial charge in [0.05, 0.1) is 25.5 Å². The number of hydrogen-bond donors (Lipinski definition) is 1. The largest absolute Gasteiger partial charge is 0.379 e. The van der Waals surface area contributed by atoms with Crippen LogP contribution in [0.4, 0.5) is 0 Å². The van der Waals surface area contributed by atoms with Gasteiger partial charge in [-0.1, -0.05) is 6.07 Å². The molecule has 1 fully saturated rings. The first-order valence-electron chi connectivity index (χ1n) is 6.71. The number of nitrogens with zero attached hydrogens (tertiary/aromatic N) is 1. The Morgan fingerprint density at radius 1 is 1.28 bits per heavy atom. The first-order chi connectivity index (χ1) is 8.88. The number of rotatable bonds is 9. The van der Waals surface area contributed by atoms with Crippen LogP contribution in [0.25, 0.3) is 0 Å². The van der Waals surface area contributed by atoms with Crippen LogP contribution in [-0.2, 0) is 22.6 Å². The van der Waals surface area contributed by atoms with E-state index in [1.54, 1.807) is 0 Å². The van der Waals surface area contributed by atoms with Gasteiger partial charge in [0.15, 0.2) is 0 Å². The van der Waals surface area contributed by atoms with Gasteiger partial charge in [0.2, 0.25) is 0 Å². The molecule has 1 heterocycles.